The third-order valence-electron chi connectivity index (χ3n) is 3.17. The van der Waals surface area contributed by atoms with Gasteiger partial charge in [-0.05, 0) is 43.5 Å². The highest BCUT2D eigenvalue weighted by molar-refractivity contribution is 5.98. The Bertz CT molecular complexity index is 570. The van der Waals surface area contributed by atoms with Crippen molar-refractivity contribution in [1.82, 2.24) is 4.98 Å². The van der Waals surface area contributed by atoms with Gasteiger partial charge in [0.15, 0.2) is 5.78 Å². The summed E-state index contributed by atoms with van der Waals surface area (Å²) < 4.78 is 0. The molecule has 0 atom stereocenters. The first kappa shape index (κ1) is 12.7. The lowest BCUT2D eigenvalue weighted by Gasteiger charge is -2.03. The molecule has 2 aromatic rings. The maximum Gasteiger partial charge on any atom is 0.159 e. The molecule has 1 saturated carbocycles. The lowest BCUT2D eigenvalue weighted by Crippen LogP contribution is -1.94. The average Bonchev–Trinajstić information content (AvgIpc) is 3.12. The van der Waals surface area contributed by atoms with Gasteiger partial charge in [0, 0.05) is 17.1 Å². The van der Waals surface area contributed by atoms with Crippen molar-refractivity contribution in [1.29, 1.82) is 0 Å². The minimum absolute atomic E-state index is 0.0962. The van der Waals surface area contributed by atoms with Gasteiger partial charge in [-0.3, -0.25) is 9.78 Å². The van der Waals surface area contributed by atoms with Crippen molar-refractivity contribution >= 4 is 16.7 Å². The number of hydrogen-bond donors (Lipinski definition) is 0. The molecule has 2 heteroatoms. The molecule has 18 heavy (non-hydrogen) atoms. The molecule has 1 aromatic carbocycles. The maximum atomic E-state index is 11.2. The highest BCUT2D eigenvalue weighted by Gasteiger charge is 2.12. The number of hydrogen-bond acceptors (Lipinski definition) is 2. The Morgan fingerprint density at radius 2 is 2.00 bits per heavy atom. The van der Waals surface area contributed by atoms with Crippen molar-refractivity contribution in [2.24, 2.45) is 5.92 Å². The molecule has 0 aliphatic heterocycles. The van der Waals surface area contributed by atoms with Gasteiger partial charge in [0.05, 0.1) is 5.52 Å². The molecule has 0 unspecified atom stereocenters. The molecule has 0 bridgehead atoms. The van der Waals surface area contributed by atoms with E-state index in [0.29, 0.717) is 0 Å². The summed E-state index contributed by atoms with van der Waals surface area (Å²) in [6, 6.07) is 7.63. The number of benzene rings is 1. The van der Waals surface area contributed by atoms with Gasteiger partial charge in [0.2, 0.25) is 0 Å². The minimum atomic E-state index is 0.0962. The summed E-state index contributed by atoms with van der Waals surface area (Å²) in [5.41, 5.74) is 2.77. The molecule has 0 radical (unpaired) electrons. The Labute approximate surface area is 108 Å². The number of pyridine rings is 1. The second-order valence-corrected chi connectivity index (χ2v) is 5.11. The number of rotatable bonds is 1. The summed E-state index contributed by atoms with van der Waals surface area (Å²) in [5.74, 6) is 1.18. The van der Waals surface area contributed by atoms with Gasteiger partial charge in [-0.1, -0.05) is 25.8 Å². The topological polar surface area (TPSA) is 30.0 Å². The van der Waals surface area contributed by atoms with Crippen molar-refractivity contribution in [3.05, 3.63) is 41.6 Å². The van der Waals surface area contributed by atoms with Crippen LogP contribution in [0.5, 0.6) is 0 Å². The van der Waals surface area contributed by atoms with Crippen LogP contribution in [0.3, 0.4) is 0 Å². The van der Waals surface area contributed by atoms with Gasteiger partial charge in [0.25, 0.3) is 0 Å². The molecule has 0 spiro atoms. The first-order valence-corrected chi connectivity index (χ1v) is 6.44. The zero-order valence-corrected chi connectivity index (χ0v) is 11.2. The van der Waals surface area contributed by atoms with Crippen molar-refractivity contribution in [3.8, 4) is 0 Å². The van der Waals surface area contributed by atoms with Gasteiger partial charge in [-0.2, -0.15) is 0 Å². The molecule has 1 aliphatic carbocycles. The largest absolute Gasteiger partial charge is 0.295 e. The van der Waals surface area contributed by atoms with Crippen molar-refractivity contribution in [2.45, 2.75) is 33.6 Å². The van der Waals surface area contributed by atoms with Crippen molar-refractivity contribution in [2.75, 3.05) is 0 Å². The van der Waals surface area contributed by atoms with E-state index in [1.807, 2.05) is 31.2 Å². The second kappa shape index (κ2) is 5.30. The van der Waals surface area contributed by atoms with E-state index in [9.17, 15) is 4.79 Å². The number of aromatic nitrogens is 1. The van der Waals surface area contributed by atoms with Crippen LogP contribution < -0.4 is 0 Å². The van der Waals surface area contributed by atoms with Gasteiger partial charge in [-0.15, -0.1) is 0 Å². The monoisotopic (exact) mass is 241 g/mol. The Morgan fingerprint density at radius 1 is 1.33 bits per heavy atom. The van der Waals surface area contributed by atoms with Crippen LogP contribution >= 0.6 is 0 Å². The predicted molar refractivity (Wildman–Crippen MR) is 74.9 cm³/mol. The van der Waals surface area contributed by atoms with Gasteiger partial charge < -0.3 is 0 Å². The molecule has 0 saturated heterocycles. The molecule has 3 rings (SSSR count). The van der Waals surface area contributed by atoms with Crippen LogP contribution in [0.25, 0.3) is 10.9 Å². The number of ketones is 1. The Kier molecular flexibility index (Phi) is 3.75. The lowest BCUT2D eigenvalue weighted by atomic mass is 10.0. The Balaban J connectivity index is 0.000000256. The van der Waals surface area contributed by atoms with Gasteiger partial charge >= 0.3 is 0 Å². The van der Waals surface area contributed by atoms with Crippen LogP contribution in [0.15, 0.2) is 30.5 Å². The lowest BCUT2D eigenvalue weighted by molar-refractivity contribution is 0.101. The standard InChI is InChI=1S/C12H11NO.C4H8/c1-8-6-11(9(2)14)7-10-4-3-5-13-12(8)10;1-4-2-3-4/h3-7H,1-2H3;4H,2-3H2,1H3. The number of Topliss-reactive ketones (excluding diaryl/α,β-unsaturated/α-hetero) is 1. The quantitative estimate of drug-likeness (QED) is 0.702. The number of nitrogens with zero attached hydrogens (tertiary/aromatic N) is 1. The molecule has 1 aliphatic rings. The van der Waals surface area contributed by atoms with Crippen LogP contribution in [0, 0.1) is 12.8 Å². The first-order chi connectivity index (χ1) is 8.58. The van der Waals surface area contributed by atoms with Crippen LogP contribution in [0.2, 0.25) is 0 Å². The molecule has 1 heterocycles. The zero-order chi connectivity index (χ0) is 13.1. The van der Waals surface area contributed by atoms with Crippen molar-refractivity contribution < 1.29 is 4.79 Å². The van der Waals surface area contributed by atoms with E-state index in [-0.39, 0.29) is 5.78 Å². The number of fused-ring (bicyclic) bond motifs is 1. The zero-order valence-electron chi connectivity index (χ0n) is 11.2. The number of carbonyl (C=O) groups is 1. The van der Waals surface area contributed by atoms with Crippen LogP contribution in [0.4, 0.5) is 0 Å². The predicted octanol–water partition coefficient (Wildman–Crippen LogP) is 4.16. The number of carbonyl (C=O) groups excluding carboxylic acids is 1. The molecule has 94 valence electrons. The van der Waals surface area contributed by atoms with Crippen molar-refractivity contribution in [3.63, 3.8) is 0 Å². The summed E-state index contributed by atoms with van der Waals surface area (Å²) in [6.07, 6.45) is 4.74. The summed E-state index contributed by atoms with van der Waals surface area (Å²) >= 11 is 0. The molecule has 1 aromatic heterocycles. The van der Waals surface area contributed by atoms with E-state index in [1.54, 1.807) is 13.1 Å². The van der Waals surface area contributed by atoms with Crippen LogP contribution in [-0.2, 0) is 0 Å². The molecule has 2 nitrogen and oxygen atoms in total. The highest BCUT2D eigenvalue weighted by Crippen LogP contribution is 2.26. The van der Waals surface area contributed by atoms with Crippen LogP contribution in [0.1, 0.15) is 42.6 Å². The third kappa shape index (κ3) is 3.16. The fourth-order valence-corrected chi connectivity index (χ4v) is 1.74. The summed E-state index contributed by atoms with van der Waals surface area (Å²) in [6.45, 7) is 5.83. The molecular weight excluding hydrogens is 222 g/mol. The van der Waals surface area contributed by atoms with E-state index >= 15 is 0 Å². The fourth-order valence-electron chi connectivity index (χ4n) is 1.74. The Morgan fingerprint density at radius 3 is 2.56 bits per heavy atom. The first-order valence-electron chi connectivity index (χ1n) is 6.44. The maximum absolute atomic E-state index is 11.2. The van der Waals surface area contributed by atoms with E-state index in [4.69, 9.17) is 0 Å². The second-order valence-electron chi connectivity index (χ2n) is 5.11. The van der Waals surface area contributed by atoms with E-state index in [1.165, 1.54) is 12.8 Å². The highest BCUT2D eigenvalue weighted by atomic mass is 16.1. The fraction of sp³-hybridized carbons (Fsp3) is 0.375. The van der Waals surface area contributed by atoms with Crippen LogP contribution in [-0.4, -0.2) is 10.8 Å². The van der Waals surface area contributed by atoms with E-state index < -0.39 is 0 Å². The SMILES string of the molecule is CC(=O)c1cc(C)c2ncccc2c1.CC1CC1. The average molecular weight is 241 g/mol. The summed E-state index contributed by atoms with van der Waals surface area (Å²) in [4.78, 5) is 15.5. The molecule has 1 fully saturated rings. The summed E-state index contributed by atoms with van der Waals surface area (Å²) in [5, 5.41) is 1.03. The molecule has 0 N–H and O–H groups in total. The minimum Gasteiger partial charge on any atom is -0.295 e. The number of aryl methyl sites for hydroxylation is 1. The normalized spacial score (nSPS) is 13.9. The summed E-state index contributed by atoms with van der Waals surface area (Å²) in [7, 11) is 0. The molecular formula is C16H19NO. The Hall–Kier alpha value is -1.70. The molecule has 0 amide bonds. The third-order valence-corrected chi connectivity index (χ3v) is 3.17. The van der Waals surface area contributed by atoms with E-state index in [2.05, 4.69) is 11.9 Å². The van der Waals surface area contributed by atoms with Gasteiger partial charge in [0.1, 0.15) is 0 Å². The van der Waals surface area contributed by atoms with E-state index in [0.717, 1.165) is 27.9 Å². The van der Waals surface area contributed by atoms with Gasteiger partial charge in [-0.25, -0.2) is 0 Å². The smallest absolute Gasteiger partial charge is 0.159 e.